The largest absolute Gasteiger partial charge is 0.462 e. The number of hydrogen-bond donors (Lipinski definition) is 0. The Balaban J connectivity index is 1.68. The molecule has 0 atom stereocenters. The third-order valence-corrected chi connectivity index (χ3v) is 3.52. The molecule has 1 aliphatic heterocycles. The van der Waals surface area contributed by atoms with Gasteiger partial charge in [-0.15, -0.1) is 0 Å². The Morgan fingerprint density at radius 2 is 1.75 bits per heavy atom. The lowest BCUT2D eigenvalue weighted by molar-refractivity contribution is 0.449. The van der Waals surface area contributed by atoms with E-state index < -0.39 is 0 Å². The monoisotopic (exact) mass is 262 g/mol. The second kappa shape index (κ2) is 5.38. The minimum absolute atomic E-state index is 0.834. The topological polar surface area (TPSA) is 9.23 Å². The zero-order valence-electron chi connectivity index (χ0n) is 11.6. The van der Waals surface area contributed by atoms with Gasteiger partial charge in [-0.3, -0.25) is 0 Å². The highest BCUT2D eigenvalue weighted by molar-refractivity contribution is 5.44. The molecule has 1 aliphatic rings. The van der Waals surface area contributed by atoms with Crippen LogP contribution < -0.4 is 4.74 Å². The van der Waals surface area contributed by atoms with Crippen molar-refractivity contribution >= 4 is 0 Å². The lowest BCUT2D eigenvalue weighted by Gasteiger charge is -2.08. The van der Waals surface area contributed by atoms with E-state index in [0.717, 1.165) is 30.8 Å². The van der Waals surface area contributed by atoms with Crippen molar-refractivity contribution in [3.8, 4) is 5.75 Å². The maximum Gasteiger partial charge on any atom is 0.130 e. The summed E-state index contributed by atoms with van der Waals surface area (Å²) in [7, 11) is 0. The molecule has 0 aliphatic carbocycles. The van der Waals surface area contributed by atoms with Crippen LogP contribution in [0.2, 0.25) is 0 Å². The number of allylic oxidation sites excluding steroid dienone is 2. The summed E-state index contributed by atoms with van der Waals surface area (Å²) in [6, 6.07) is 16.9. The Hall–Kier alpha value is -2.28. The van der Waals surface area contributed by atoms with Crippen LogP contribution in [-0.2, 0) is 19.3 Å². The number of hydrogen-bond acceptors (Lipinski definition) is 1. The standard InChI is InChI=1S/C19H18O/c1-14(10-16-6-4-3-5-7-16)11-17-8-9-18-12-15(2)20-19(18)13-17/h3-9,13H,1-2,10-12H2. The summed E-state index contributed by atoms with van der Waals surface area (Å²) in [4.78, 5) is 0. The van der Waals surface area contributed by atoms with Crippen LogP contribution >= 0.6 is 0 Å². The Morgan fingerprint density at radius 3 is 2.55 bits per heavy atom. The summed E-state index contributed by atoms with van der Waals surface area (Å²) in [6.07, 6.45) is 2.64. The summed E-state index contributed by atoms with van der Waals surface area (Å²) in [5.74, 6) is 1.79. The molecule has 0 N–H and O–H groups in total. The van der Waals surface area contributed by atoms with Crippen LogP contribution in [-0.4, -0.2) is 0 Å². The highest BCUT2D eigenvalue weighted by Gasteiger charge is 2.15. The van der Waals surface area contributed by atoms with Crippen molar-refractivity contribution in [2.24, 2.45) is 0 Å². The molecular weight excluding hydrogens is 244 g/mol. The molecule has 1 nitrogen and oxygen atoms in total. The summed E-state index contributed by atoms with van der Waals surface area (Å²) in [5, 5.41) is 0. The van der Waals surface area contributed by atoms with Gasteiger partial charge in [0.05, 0.1) is 0 Å². The molecule has 20 heavy (non-hydrogen) atoms. The molecule has 1 heteroatoms. The number of benzene rings is 2. The van der Waals surface area contributed by atoms with Crippen molar-refractivity contribution in [2.75, 3.05) is 0 Å². The van der Waals surface area contributed by atoms with E-state index in [-0.39, 0.29) is 0 Å². The molecule has 100 valence electrons. The van der Waals surface area contributed by atoms with Crippen LogP contribution in [0.5, 0.6) is 5.75 Å². The quantitative estimate of drug-likeness (QED) is 0.738. The lowest BCUT2D eigenvalue weighted by atomic mass is 9.98. The first-order chi connectivity index (χ1) is 9.70. The molecule has 2 aromatic carbocycles. The summed E-state index contributed by atoms with van der Waals surface area (Å²) >= 11 is 0. The van der Waals surface area contributed by atoms with Gasteiger partial charge in [0.15, 0.2) is 0 Å². The molecule has 0 bridgehead atoms. The third kappa shape index (κ3) is 2.83. The average molecular weight is 262 g/mol. The Labute approximate surface area is 120 Å². The van der Waals surface area contributed by atoms with Crippen molar-refractivity contribution in [3.63, 3.8) is 0 Å². The van der Waals surface area contributed by atoms with Crippen LogP contribution in [0.3, 0.4) is 0 Å². The van der Waals surface area contributed by atoms with Crippen LogP contribution in [0.25, 0.3) is 0 Å². The fraction of sp³-hybridized carbons (Fsp3) is 0.158. The molecule has 0 spiro atoms. The number of ether oxygens (including phenoxy) is 1. The second-order valence-electron chi connectivity index (χ2n) is 5.35. The Morgan fingerprint density at radius 1 is 1.00 bits per heavy atom. The summed E-state index contributed by atoms with van der Waals surface area (Å²) in [5.41, 5.74) is 5.00. The van der Waals surface area contributed by atoms with Crippen LogP contribution in [0.15, 0.2) is 73.0 Å². The van der Waals surface area contributed by atoms with Gasteiger partial charge in [0.2, 0.25) is 0 Å². The molecule has 1 heterocycles. The van der Waals surface area contributed by atoms with Gasteiger partial charge in [-0.1, -0.05) is 61.2 Å². The van der Waals surface area contributed by atoms with Gasteiger partial charge in [0.1, 0.15) is 11.5 Å². The molecule has 3 rings (SSSR count). The van der Waals surface area contributed by atoms with Crippen LogP contribution in [0, 0.1) is 0 Å². The van der Waals surface area contributed by atoms with E-state index in [2.05, 4.69) is 55.6 Å². The summed E-state index contributed by atoms with van der Waals surface area (Å²) in [6.45, 7) is 8.07. The van der Waals surface area contributed by atoms with Crippen LogP contribution in [0.4, 0.5) is 0 Å². The molecule has 0 saturated heterocycles. The van der Waals surface area contributed by atoms with E-state index in [9.17, 15) is 0 Å². The summed E-state index contributed by atoms with van der Waals surface area (Å²) < 4.78 is 5.62. The first kappa shape index (κ1) is 12.7. The zero-order chi connectivity index (χ0) is 13.9. The molecular formula is C19H18O. The van der Waals surface area contributed by atoms with E-state index in [0.29, 0.717) is 0 Å². The van der Waals surface area contributed by atoms with Crippen molar-refractivity contribution in [3.05, 3.63) is 89.7 Å². The molecule has 0 unspecified atom stereocenters. The van der Waals surface area contributed by atoms with Crippen molar-refractivity contribution in [2.45, 2.75) is 19.3 Å². The molecule has 0 amide bonds. The van der Waals surface area contributed by atoms with Gasteiger partial charge in [-0.25, -0.2) is 0 Å². The van der Waals surface area contributed by atoms with Crippen LogP contribution in [0.1, 0.15) is 16.7 Å². The minimum atomic E-state index is 0.834. The lowest BCUT2D eigenvalue weighted by Crippen LogP contribution is -1.94. The van der Waals surface area contributed by atoms with E-state index in [1.165, 1.54) is 22.3 Å². The van der Waals surface area contributed by atoms with Crippen molar-refractivity contribution < 1.29 is 4.74 Å². The van der Waals surface area contributed by atoms with Gasteiger partial charge in [-0.2, -0.15) is 0 Å². The van der Waals surface area contributed by atoms with E-state index >= 15 is 0 Å². The minimum Gasteiger partial charge on any atom is -0.462 e. The highest BCUT2D eigenvalue weighted by Crippen LogP contribution is 2.31. The van der Waals surface area contributed by atoms with Gasteiger partial charge >= 0.3 is 0 Å². The average Bonchev–Trinajstić information content (AvgIpc) is 2.79. The zero-order valence-corrected chi connectivity index (χ0v) is 11.6. The molecule has 0 radical (unpaired) electrons. The first-order valence-corrected chi connectivity index (χ1v) is 6.89. The maximum absolute atomic E-state index is 5.62. The normalized spacial score (nSPS) is 12.9. The molecule has 0 saturated carbocycles. The first-order valence-electron chi connectivity index (χ1n) is 6.89. The smallest absolute Gasteiger partial charge is 0.130 e. The van der Waals surface area contributed by atoms with Gasteiger partial charge < -0.3 is 4.74 Å². The predicted octanol–water partition coefficient (Wildman–Crippen LogP) is 4.48. The molecule has 0 aromatic heterocycles. The molecule has 0 fully saturated rings. The van der Waals surface area contributed by atoms with Gasteiger partial charge in [-0.05, 0) is 30.0 Å². The number of fused-ring (bicyclic) bond motifs is 1. The maximum atomic E-state index is 5.62. The Kier molecular flexibility index (Phi) is 3.42. The van der Waals surface area contributed by atoms with E-state index in [1.54, 1.807) is 0 Å². The van der Waals surface area contributed by atoms with Gasteiger partial charge in [0.25, 0.3) is 0 Å². The number of rotatable bonds is 4. The Bertz CT molecular complexity index is 653. The fourth-order valence-electron chi connectivity index (χ4n) is 2.59. The van der Waals surface area contributed by atoms with Crippen molar-refractivity contribution in [1.82, 2.24) is 0 Å². The van der Waals surface area contributed by atoms with Gasteiger partial charge in [0, 0.05) is 12.0 Å². The van der Waals surface area contributed by atoms with E-state index in [1.807, 2.05) is 6.07 Å². The SMILES string of the molecule is C=C(Cc1ccccc1)Cc1ccc2c(c1)OC(=C)C2. The van der Waals surface area contributed by atoms with Crippen molar-refractivity contribution in [1.29, 1.82) is 0 Å². The highest BCUT2D eigenvalue weighted by atomic mass is 16.5. The predicted molar refractivity (Wildman–Crippen MR) is 82.9 cm³/mol. The fourth-order valence-corrected chi connectivity index (χ4v) is 2.59. The third-order valence-electron chi connectivity index (χ3n) is 3.52. The van der Waals surface area contributed by atoms with E-state index in [4.69, 9.17) is 4.74 Å². The second-order valence-corrected chi connectivity index (χ2v) is 5.35. The molecule has 2 aromatic rings.